The zero-order valence-corrected chi connectivity index (χ0v) is 14.1. The van der Waals surface area contributed by atoms with Crippen LogP contribution in [-0.2, 0) is 0 Å². The minimum Gasteiger partial charge on any atom is -0.248 e. The molecular weight excluding hydrogens is 332 g/mol. The third-order valence-electron chi connectivity index (χ3n) is 4.38. The standard InChI is InChI=1S/C20H10N2S2/c23-19-11-5-1-3-7-15(11)21-17-10-14-18(9-13(17)19)22-16-8-4-2-6-12(16)20(14)24/h1-10H. The Morgan fingerprint density at radius 1 is 0.542 bits per heavy atom. The van der Waals surface area contributed by atoms with E-state index >= 15 is 0 Å². The molecule has 0 N–H and O–H groups in total. The van der Waals surface area contributed by atoms with E-state index in [-0.39, 0.29) is 0 Å². The summed E-state index contributed by atoms with van der Waals surface area (Å²) in [6.45, 7) is 0. The quantitative estimate of drug-likeness (QED) is 0.400. The van der Waals surface area contributed by atoms with Gasteiger partial charge in [-0.2, -0.15) is 0 Å². The smallest absolute Gasteiger partial charge is 0.0732 e. The highest BCUT2D eigenvalue weighted by atomic mass is 32.1. The van der Waals surface area contributed by atoms with Gasteiger partial charge < -0.3 is 0 Å². The van der Waals surface area contributed by atoms with E-state index in [0.717, 1.165) is 54.1 Å². The van der Waals surface area contributed by atoms with Crippen LogP contribution in [0.1, 0.15) is 22.3 Å². The van der Waals surface area contributed by atoms with E-state index in [9.17, 15) is 0 Å². The fourth-order valence-corrected chi connectivity index (χ4v) is 3.87. The molecule has 3 aromatic rings. The molecule has 0 spiro atoms. The van der Waals surface area contributed by atoms with E-state index in [0.29, 0.717) is 0 Å². The highest BCUT2D eigenvalue weighted by Gasteiger charge is 2.21. The fraction of sp³-hybridized carbons (Fsp3) is 0. The molecule has 0 bridgehead atoms. The summed E-state index contributed by atoms with van der Waals surface area (Å²) in [5.41, 5.74) is 5.72. The van der Waals surface area contributed by atoms with Gasteiger partial charge in [0.25, 0.3) is 0 Å². The van der Waals surface area contributed by atoms with Crippen LogP contribution < -0.4 is 10.7 Å². The van der Waals surface area contributed by atoms with Crippen molar-refractivity contribution in [1.82, 2.24) is 0 Å². The van der Waals surface area contributed by atoms with E-state index in [4.69, 9.17) is 34.4 Å². The van der Waals surface area contributed by atoms with Crippen LogP contribution in [0.5, 0.6) is 0 Å². The van der Waals surface area contributed by atoms with Crippen molar-refractivity contribution in [2.75, 3.05) is 0 Å². The number of fused-ring (bicyclic) bond motifs is 4. The average molecular weight is 342 g/mol. The predicted molar refractivity (Wildman–Crippen MR) is 103 cm³/mol. The maximum Gasteiger partial charge on any atom is 0.0732 e. The van der Waals surface area contributed by atoms with Crippen molar-refractivity contribution >= 4 is 45.5 Å². The Balaban J connectivity index is 1.86. The van der Waals surface area contributed by atoms with E-state index in [1.165, 1.54) is 0 Å². The summed E-state index contributed by atoms with van der Waals surface area (Å²) in [5, 5.41) is 1.74. The van der Waals surface area contributed by atoms with E-state index < -0.39 is 0 Å². The second-order valence-electron chi connectivity index (χ2n) is 5.80. The molecule has 0 fully saturated rings. The summed E-state index contributed by atoms with van der Waals surface area (Å²) in [7, 11) is 0. The molecule has 2 aliphatic rings. The zero-order chi connectivity index (χ0) is 16.3. The van der Waals surface area contributed by atoms with Crippen molar-refractivity contribution in [1.29, 1.82) is 0 Å². The van der Waals surface area contributed by atoms with Gasteiger partial charge in [-0.3, -0.25) is 0 Å². The summed E-state index contributed by atoms with van der Waals surface area (Å²) in [5.74, 6) is 0. The number of rotatable bonds is 0. The Hall–Kier alpha value is -2.56. The van der Waals surface area contributed by atoms with E-state index in [2.05, 4.69) is 0 Å². The normalized spacial score (nSPS) is 13.8. The third-order valence-corrected chi connectivity index (χ3v) is 5.26. The van der Waals surface area contributed by atoms with E-state index in [1.807, 2.05) is 60.7 Å². The lowest BCUT2D eigenvalue weighted by Crippen LogP contribution is -2.29. The van der Waals surface area contributed by atoms with Crippen LogP contribution in [0.25, 0.3) is 0 Å². The highest BCUT2D eigenvalue weighted by Crippen LogP contribution is 2.27. The van der Waals surface area contributed by atoms with Gasteiger partial charge in [-0.05, 0) is 24.3 Å². The molecular formula is C20H10N2S2. The van der Waals surface area contributed by atoms with Crippen LogP contribution in [0, 0.1) is 0 Å². The molecule has 4 heteroatoms. The lowest BCUT2D eigenvalue weighted by Gasteiger charge is -2.18. The van der Waals surface area contributed by atoms with Crippen LogP contribution in [-0.4, -0.2) is 9.73 Å². The van der Waals surface area contributed by atoms with Crippen molar-refractivity contribution in [2.45, 2.75) is 0 Å². The van der Waals surface area contributed by atoms with Gasteiger partial charge in [0.15, 0.2) is 0 Å². The van der Waals surface area contributed by atoms with E-state index in [1.54, 1.807) is 0 Å². The summed E-state index contributed by atoms with van der Waals surface area (Å²) in [6, 6.07) is 20.0. The van der Waals surface area contributed by atoms with Crippen molar-refractivity contribution in [3.8, 4) is 0 Å². The number of hydrogen-bond donors (Lipinski definition) is 0. The Labute approximate surface area is 149 Å². The minimum absolute atomic E-state index is 0.818. The number of thiocarbonyl (C=S) groups is 2. The number of hydrogen-bond acceptors (Lipinski definition) is 4. The molecule has 2 nitrogen and oxygen atoms in total. The summed E-state index contributed by atoms with van der Waals surface area (Å²) >= 11 is 11.4. The Morgan fingerprint density at radius 2 is 0.958 bits per heavy atom. The van der Waals surface area contributed by atoms with Gasteiger partial charge in [0.05, 0.1) is 31.8 Å². The van der Waals surface area contributed by atoms with Gasteiger partial charge in [0.2, 0.25) is 0 Å². The number of nitrogens with zero attached hydrogens (tertiary/aromatic N) is 2. The molecule has 3 aromatic carbocycles. The lowest BCUT2D eigenvalue weighted by atomic mass is 9.94. The number of benzene rings is 3. The maximum absolute atomic E-state index is 5.69. The first kappa shape index (κ1) is 13.8. The molecule has 2 aliphatic heterocycles. The third kappa shape index (κ3) is 1.87. The zero-order valence-electron chi connectivity index (χ0n) is 12.5. The van der Waals surface area contributed by atoms with Gasteiger partial charge in [0, 0.05) is 22.3 Å². The molecule has 0 atom stereocenters. The predicted octanol–water partition coefficient (Wildman–Crippen LogP) is 3.75. The lowest BCUT2D eigenvalue weighted by molar-refractivity contribution is 1.23. The van der Waals surface area contributed by atoms with Crippen molar-refractivity contribution in [2.24, 2.45) is 9.98 Å². The molecule has 0 aromatic heterocycles. The van der Waals surface area contributed by atoms with Crippen molar-refractivity contribution in [3.63, 3.8) is 0 Å². The molecule has 0 saturated carbocycles. The van der Waals surface area contributed by atoms with Gasteiger partial charge in [-0.25, -0.2) is 9.98 Å². The Bertz CT molecular complexity index is 1100. The van der Waals surface area contributed by atoms with Crippen molar-refractivity contribution in [3.05, 3.63) is 93.6 Å². The van der Waals surface area contributed by atoms with Crippen LogP contribution >= 0.6 is 24.4 Å². The highest BCUT2D eigenvalue weighted by molar-refractivity contribution is 7.81. The van der Waals surface area contributed by atoms with Gasteiger partial charge >= 0.3 is 0 Å². The second kappa shape index (κ2) is 4.97. The van der Waals surface area contributed by atoms with Gasteiger partial charge in [-0.15, -0.1) is 0 Å². The van der Waals surface area contributed by atoms with Gasteiger partial charge in [-0.1, -0.05) is 60.8 Å². The molecule has 0 aliphatic carbocycles. The van der Waals surface area contributed by atoms with Crippen LogP contribution in [0.4, 0.5) is 11.4 Å². The Morgan fingerprint density at radius 3 is 1.42 bits per heavy atom. The topological polar surface area (TPSA) is 24.7 Å². The summed E-state index contributed by atoms with van der Waals surface area (Å²) in [6.07, 6.45) is 0. The molecule has 112 valence electrons. The van der Waals surface area contributed by atoms with Crippen LogP contribution in [0.2, 0.25) is 0 Å². The Kier molecular flexibility index (Phi) is 2.86. The summed E-state index contributed by atoms with van der Waals surface area (Å²) in [4.78, 5) is 11.2. The molecule has 0 unspecified atom stereocenters. The van der Waals surface area contributed by atoms with Crippen molar-refractivity contribution < 1.29 is 0 Å². The first-order valence-electron chi connectivity index (χ1n) is 7.61. The molecule has 0 radical (unpaired) electrons. The first-order chi connectivity index (χ1) is 11.7. The maximum atomic E-state index is 5.69. The first-order valence-corrected chi connectivity index (χ1v) is 8.43. The largest absolute Gasteiger partial charge is 0.248 e. The molecule has 2 heterocycles. The molecule has 24 heavy (non-hydrogen) atoms. The molecule has 5 rings (SSSR count). The second-order valence-corrected chi connectivity index (χ2v) is 6.62. The number of para-hydroxylation sites is 2. The SMILES string of the molecule is S=C1c2ccccc2N=c2cc3c(cc21)=Nc1ccccc1C3=S. The van der Waals surface area contributed by atoms with Crippen LogP contribution in [0.3, 0.4) is 0 Å². The average Bonchev–Trinajstić information content (AvgIpc) is 2.62. The summed E-state index contributed by atoms with van der Waals surface area (Å²) < 4.78 is 0. The van der Waals surface area contributed by atoms with Crippen LogP contribution in [0.15, 0.2) is 70.6 Å². The minimum atomic E-state index is 0.818. The van der Waals surface area contributed by atoms with Gasteiger partial charge in [0.1, 0.15) is 0 Å². The monoisotopic (exact) mass is 342 g/mol. The fourth-order valence-electron chi connectivity index (χ4n) is 3.20. The molecule has 0 saturated heterocycles. The molecule has 0 amide bonds.